The van der Waals surface area contributed by atoms with Gasteiger partial charge in [-0.15, -0.1) is 0 Å². The second kappa shape index (κ2) is 5.39. The number of rotatable bonds is 2. The molecule has 1 unspecified atom stereocenters. The maximum absolute atomic E-state index is 13.9. The Morgan fingerprint density at radius 1 is 1.05 bits per heavy atom. The van der Waals surface area contributed by atoms with Crippen molar-refractivity contribution in [1.29, 1.82) is 0 Å². The zero-order chi connectivity index (χ0) is 14.2. The van der Waals surface area contributed by atoms with E-state index in [1.807, 2.05) is 0 Å². The topological polar surface area (TPSA) is 26.0 Å². The van der Waals surface area contributed by atoms with E-state index in [0.717, 1.165) is 21.2 Å². The molecule has 100 valence electrons. The molecule has 2 aromatic carbocycles. The number of benzene rings is 2. The van der Waals surface area contributed by atoms with Gasteiger partial charge >= 0.3 is 0 Å². The first-order valence-corrected chi connectivity index (χ1v) is 6.66. The normalized spacial score (nSPS) is 12.5. The summed E-state index contributed by atoms with van der Waals surface area (Å²) < 4.78 is 27.9. The summed E-state index contributed by atoms with van der Waals surface area (Å²) in [5, 5.41) is 0. The molecular weight excluding hydrogens is 312 g/mol. The van der Waals surface area contributed by atoms with Gasteiger partial charge in [-0.25, -0.2) is 8.78 Å². The average molecular weight is 326 g/mol. The maximum atomic E-state index is 13.9. The summed E-state index contributed by atoms with van der Waals surface area (Å²) in [5.74, 6) is -0.667. The molecule has 4 heteroatoms. The first-order chi connectivity index (χ1) is 8.90. The Balaban J connectivity index is 2.56. The molecule has 0 aromatic heterocycles. The van der Waals surface area contributed by atoms with Crippen molar-refractivity contribution in [1.82, 2.24) is 0 Å². The van der Waals surface area contributed by atoms with Gasteiger partial charge in [0.1, 0.15) is 11.6 Å². The molecule has 0 aliphatic carbocycles. The quantitative estimate of drug-likeness (QED) is 0.870. The Morgan fingerprint density at radius 2 is 1.63 bits per heavy atom. The van der Waals surface area contributed by atoms with Crippen LogP contribution in [0.2, 0.25) is 0 Å². The van der Waals surface area contributed by atoms with Crippen molar-refractivity contribution in [2.45, 2.75) is 19.9 Å². The maximum Gasteiger partial charge on any atom is 0.128 e. The highest BCUT2D eigenvalue weighted by molar-refractivity contribution is 9.10. The van der Waals surface area contributed by atoms with E-state index in [1.54, 1.807) is 26.0 Å². The molecule has 0 amide bonds. The lowest BCUT2D eigenvalue weighted by Gasteiger charge is -2.19. The van der Waals surface area contributed by atoms with Crippen LogP contribution in [0.15, 0.2) is 34.8 Å². The molecule has 0 saturated heterocycles. The fourth-order valence-corrected chi connectivity index (χ4v) is 2.70. The van der Waals surface area contributed by atoms with Crippen molar-refractivity contribution < 1.29 is 8.78 Å². The molecule has 2 rings (SSSR count). The van der Waals surface area contributed by atoms with Crippen molar-refractivity contribution in [3.8, 4) is 0 Å². The Hall–Kier alpha value is -1.26. The van der Waals surface area contributed by atoms with Gasteiger partial charge in [-0.05, 0) is 60.9 Å². The number of halogens is 3. The summed E-state index contributed by atoms with van der Waals surface area (Å²) in [7, 11) is 0. The van der Waals surface area contributed by atoms with Crippen LogP contribution in [-0.4, -0.2) is 0 Å². The predicted octanol–water partition coefficient (Wildman–Crippen LogP) is 4.39. The van der Waals surface area contributed by atoms with Crippen LogP contribution in [0.5, 0.6) is 0 Å². The minimum absolute atomic E-state index is 0.305. The molecule has 1 atom stereocenters. The van der Waals surface area contributed by atoms with Crippen molar-refractivity contribution in [2.24, 2.45) is 5.73 Å². The fourth-order valence-electron chi connectivity index (χ4n) is 2.32. The van der Waals surface area contributed by atoms with Gasteiger partial charge in [0.2, 0.25) is 0 Å². The lowest BCUT2D eigenvalue weighted by molar-refractivity contribution is 0.596. The third-order valence-electron chi connectivity index (χ3n) is 3.16. The molecule has 0 heterocycles. The van der Waals surface area contributed by atoms with Crippen LogP contribution in [-0.2, 0) is 0 Å². The van der Waals surface area contributed by atoms with E-state index in [2.05, 4.69) is 15.9 Å². The smallest absolute Gasteiger partial charge is 0.128 e. The van der Waals surface area contributed by atoms with Crippen molar-refractivity contribution in [3.05, 3.63) is 68.7 Å². The first kappa shape index (κ1) is 14.2. The van der Waals surface area contributed by atoms with Crippen LogP contribution in [0.4, 0.5) is 8.78 Å². The zero-order valence-electron chi connectivity index (χ0n) is 10.7. The third-order valence-corrected chi connectivity index (χ3v) is 3.66. The third kappa shape index (κ3) is 2.85. The Bertz CT molecular complexity index is 603. The van der Waals surface area contributed by atoms with Crippen LogP contribution >= 0.6 is 15.9 Å². The van der Waals surface area contributed by atoms with Gasteiger partial charge < -0.3 is 5.73 Å². The Kier molecular flexibility index (Phi) is 4.02. The molecule has 0 fully saturated rings. The van der Waals surface area contributed by atoms with Gasteiger partial charge in [0, 0.05) is 10.0 Å². The van der Waals surface area contributed by atoms with E-state index in [-0.39, 0.29) is 11.6 Å². The molecule has 0 aliphatic heterocycles. The minimum atomic E-state index is -0.613. The Labute approximate surface area is 119 Å². The summed E-state index contributed by atoms with van der Waals surface area (Å²) in [4.78, 5) is 0. The molecule has 0 aliphatic rings. The van der Waals surface area contributed by atoms with Gasteiger partial charge in [0.25, 0.3) is 0 Å². The van der Waals surface area contributed by atoms with Gasteiger partial charge in [-0.2, -0.15) is 0 Å². The molecular formula is C15H14BrF2N. The second-order valence-corrected chi connectivity index (χ2v) is 5.51. The van der Waals surface area contributed by atoms with Crippen molar-refractivity contribution in [2.75, 3.05) is 0 Å². The van der Waals surface area contributed by atoms with E-state index in [0.29, 0.717) is 5.56 Å². The van der Waals surface area contributed by atoms with Crippen LogP contribution in [0, 0.1) is 25.5 Å². The molecule has 2 aromatic rings. The molecule has 0 radical (unpaired) electrons. The number of aryl methyl sites for hydroxylation is 2. The molecule has 2 N–H and O–H groups in total. The molecule has 0 bridgehead atoms. The lowest BCUT2D eigenvalue weighted by atomic mass is 9.91. The highest BCUT2D eigenvalue weighted by Gasteiger charge is 2.18. The zero-order valence-corrected chi connectivity index (χ0v) is 12.3. The van der Waals surface area contributed by atoms with E-state index in [9.17, 15) is 8.78 Å². The van der Waals surface area contributed by atoms with Gasteiger partial charge in [-0.3, -0.25) is 0 Å². The summed E-state index contributed by atoms with van der Waals surface area (Å²) in [6.07, 6.45) is 0. The SMILES string of the molecule is Cc1cc(F)cc(C)c1C(N)c1cc(Br)ccc1F. The van der Waals surface area contributed by atoms with Crippen molar-refractivity contribution >= 4 is 15.9 Å². The van der Waals surface area contributed by atoms with E-state index >= 15 is 0 Å². The minimum Gasteiger partial charge on any atom is -0.320 e. The van der Waals surface area contributed by atoms with Crippen molar-refractivity contribution in [3.63, 3.8) is 0 Å². The highest BCUT2D eigenvalue weighted by atomic mass is 79.9. The van der Waals surface area contributed by atoms with E-state index in [1.165, 1.54) is 18.2 Å². The second-order valence-electron chi connectivity index (χ2n) is 4.60. The van der Waals surface area contributed by atoms with Crippen LogP contribution in [0.1, 0.15) is 28.3 Å². The monoisotopic (exact) mass is 325 g/mol. The van der Waals surface area contributed by atoms with Gasteiger partial charge in [0.15, 0.2) is 0 Å². The average Bonchev–Trinajstić information content (AvgIpc) is 2.30. The largest absolute Gasteiger partial charge is 0.320 e. The molecule has 0 saturated carbocycles. The summed E-state index contributed by atoms with van der Waals surface area (Å²) >= 11 is 3.30. The number of hydrogen-bond donors (Lipinski definition) is 1. The molecule has 0 spiro atoms. The first-order valence-electron chi connectivity index (χ1n) is 5.87. The van der Waals surface area contributed by atoms with Crippen LogP contribution in [0.25, 0.3) is 0 Å². The summed E-state index contributed by atoms with van der Waals surface area (Å²) in [6.45, 7) is 3.56. The number of hydrogen-bond acceptors (Lipinski definition) is 1. The predicted molar refractivity (Wildman–Crippen MR) is 76.0 cm³/mol. The fraction of sp³-hybridized carbons (Fsp3) is 0.200. The summed E-state index contributed by atoms with van der Waals surface area (Å²) in [6, 6.07) is 6.86. The van der Waals surface area contributed by atoms with Crippen LogP contribution < -0.4 is 5.73 Å². The summed E-state index contributed by atoms with van der Waals surface area (Å²) in [5.41, 5.74) is 8.76. The van der Waals surface area contributed by atoms with Crippen LogP contribution in [0.3, 0.4) is 0 Å². The molecule has 19 heavy (non-hydrogen) atoms. The standard InChI is InChI=1S/C15H14BrF2N/c1-8-5-11(17)6-9(2)14(8)15(19)12-7-10(16)3-4-13(12)18/h3-7,15H,19H2,1-2H3. The molecule has 1 nitrogen and oxygen atoms in total. The highest BCUT2D eigenvalue weighted by Crippen LogP contribution is 2.29. The lowest BCUT2D eigenvalue weighted by Crippen LogP contribution is -2.16. The van der Waals surface area contributed by atoms with E-state index in [4.69, 9.17) is 5.73 Å². The van der Waals surface area contributed by atoms with E-state index < -0.39 is 6.04 Å². The van der Waals surface area contributed by atoms with Gasteiger partial charge in [-0.1, -0.05) is 15.9 Å². The van der Waals surface area contributed by atoms with Gasteiger partial charge in [0.05, 0.1) is 6.04 Å². The Morgan fingerprint density at radius 3 is 2.21 bits per heavy atom. The number of nitrogens with two attached hydrogens (primary N) is 1.